The molecule has 7 nitrogen and oxygen atoms in total. The van der Waals surface area contributed by atoms with Gasteiger partial charge < -0.3 is 16.0 Å². The van der Waals surface area contributed by atoms with Crippen LogP contribution >= 0.6 is 23.1 Å². The van der Waals surface area contributed by atoms with Crippen molar-refractivity contribution in [2.75, 3.05) is 10.6 Å². The quantitative estimate of drug-likeness (QED) is 0.0946. The molecule has 5 aromatic carbocycles. The number of carbonyl (C=O) groups excluding carboxylic acids is 3. The lowest BCUT2D eigenvalue weighted by Crippen LogP contribution is -2.30. The number of thioether (sulfide) groups is 1. The predicted octanol–water partition coefficient (Wildman–Crippen LogP) is 8.88. The third-order valence-electron chi connectivity index (χ3n) is 7.45. The molecule has 1 atom stereocenters. The molecule has 9 heteroatoms. The van der Waals surface area contributed by atoms with E-state index in [9.17, 15) is 14.4 Å². The molecule has 48 heavy (non-hydrogen) atoms. The molecule has 6 rings (SSSR count). The monoisotopic (exact) mass is 668 g/mol. The molecule has 1 unspecified atom stereocenters. The summed E-state index contributed by atoms with van der Waals surface area (Å²) in [7, 11) is 0. The van der Waals surface area contributed by atoms with E-state index in [0.717, 1.165) is 32.5 Å². The van der Waals surface area contributed by atoms with Gasteiger partial charge in [0.1, 0.15) is 5.70 Å². The molecule has 0 aliphatic rings. The van der Waals surface area contributed by atoms with Crippen LogP contribution < -0.4 is 16.0 Å². The summed E-state index contributed by atoms with van der Waals surface area (Å²) >= 11 is 2.80. The van der Waals surface area contributed by atoms with Crippen molar-refractivity contribution in [1.82, 2.24) is 10.3 Å². The van der Waals surface area contributed by atoms with Crippen LogP contribution in [0.1, 0.15) is 29.3 Å². The van der Waals surface area contributed by atoms with Crippen LogP contribution in [-0.2, 0) is 9.59 Å². The van der Waals surface area contributed by atoms with Gasteiger partial charge in [-0.15, -0.1) is 23.1 Å². The van der Waals surface area contributed by atoms with Crippen molar-refractivity contribution in [3.05, 3.63) is 150 Å². The van der Waals surface area contributed by atoms with Crippen molar-refractivity contribution in [2.24, 2.45) is 0 Å². The van der Waals surface area contributed by atoms with E-state index in [0.29, 0.717) is 22.8 Å². The molecule has 238 valence electrons. The van der Waals surface area contributed by atoms with Crippen LogP contribution in [0.3, 0.4) is 0 Å². The van der Waals surface area contributed by atoms with Crippen LogP contribution in [0.5, 0.6) is 0 Å². The first-order valence-electron chi connectivity index (χ1n) is 15.4. The van der Waals surface area contributed by atoms with Crippen molar-refractivity contribution in [3.63, 3.8) is 0 Å². The highest BCUT2D eigenvalue weighted by Gasteiger charge is 2.21. The fraction of sp³-hybridized carbons (Fsp3) is 0.0769. The van der Waals surface area contributed by atoms with Gasteiger partial charge in [-0.25, -0.2) is 4.98 Å². The minimum Gasteiger partial charge on any atom is -0.321 e. The summed E-state index contributed by atoms with van der Waals surface area (Å²) < 4.78 is 0. The number of carbonyl (C=O) groups is 3. The van der Waals surface area contributed by atoms with E-state index in [2.05, 4.69) is 45.2 Å². The Kier molecular flexibility index (Phi) is 10.4. The van der Waals surface area contributed by atoms with Crippen molar-refractivity contribution in [2.45, 2.75) is 23.5 Å². The molecule has 0 aliphatic heterocycles. The van der Waals surface area contributed by atoms with Crippen LogP contribution in [0.4, 0.5) is 10.8 Å². The molecule has 3 amide bonds. The van der Waals surface area contributed by atoms with Crippen LogP contribution in [-0.4, -0.2) is 28.0 Å². The van der Waals surface area contributed by atoms with Crippen LogP contribution in [0.2, 0.25) is 0 Å². The van der Waals surface area contributed by atoms with Crippen molar-refractivity contribution < 1.29 is 14.4 Å². The molecule has 0 spiro atoms. The largest absolute Gasteiger partial charge is 0.321 e. The molecule has 0 saturated carbocycles. The highest BCUT2D eigenvalue weighted by atomic mass is 32.2. The maximum Gasteiger partial charge on any atom is 0.272 e. The van der Waals surface area contributed by atoms with E-state index >= 15 is 0 Å². The SMILES string of the molecule is CCC(Sc1cccc(NC(=O)/C(=C/c2ccccc2)NC(=O)c2ccccc2)c1)C(=O)Nc1nc(-c2ccc3ccccc3c2)cs1. The summed E-state index contributed by atoms with van der Waals surface area (Å²) in [6.45, 7) is 1.96. The number of rotatable bonds is 11. The fourth-order valence-corrected chi connectivity index (χ4v) is 6.72. The number of nitrogens with zero attached hydrogens (tertiary/aromatic N) is 1. The molecular weight excluding hydrogens is 637 g/mol. The predicted molar refractivity (Wildman–Crippen MR) is 197 cm³/mol. The summed E-state index contributed by atoms with van der Waals surface area (Å²) in [6, 6.07) is 39.7. The topological polar surface area (TPSA) is 100 Å². The zero-order chi connectivity index (χ0) is 33.3. The second-order valence-corrected chi connectivity index (χ2v) is 13.0. The summed E-state index contributed by atoms with van der Waals surface area (Å²) in [5.74, 6) is -1.01. The van der Waals surface area contributed by atoms with Gasteiger partial charge in [-0.1, -0.05) is 97.9 Å². The Labute approximate surface area is 287 Å². The van der Waals surface area contributed by atoms with Crippen molar-refractivity contribution in [3.8, 4) is 11.3 Å². The zero-order valence-corrected chi connectivity index (χ0v) is 27.7. The molecule has 1 aromatic heterocycles. The first kappa shape index (κ1) is 32.4. The molecule has 1 heterocycles. The van der Waals surface area contributed by atoms with Crippen molar-refractivity contribution in [1.29, 1.82) is 0 Å². The van der Waals surface area contributed by atoms with Gasteiger partial charge in [-0.2, -0.15) is 0 Å². The Morgan fingerprint density at radius 3 is 2.29 bits per heavy atom. The van der Waals surface area contributed by atoms with Gasteiger partial charge >= 0.3 is 0 Å². The first-order valence-corrected chi connectivity index (χ1v) is 17.2. The zero-order valence-electron chi connectivity index (χ0n) is 26.1. The fourth-order valence-electron chi connectivity index (χ4n) is 4.99. The second kappa shape index (κ2) is 15.4. The Hall–Kier alpha value is -5.51. The lowest BCUT2D eigenvalue weighted by molar-refractivity contribution is -0.116. The molecule has 6 aromatic rings. The van der Waals surface area contributed by atoms with Crippen LogP contribution in [0.15, 0.2) is 143 Å². The van der Waals surface area contributed by atoms with E-state index < -0.39 is 11.8 Å². The maximum atomic E-state index is 13.5. The maximum absolute atomic E-state index is 13.5. The third-order valence-corrected chi connectivity index (χ3v) is 9.57. The van der Waals surface area contributed by atoms with Gasteiger partial charge in [-0.3, -0.25) is 14.4 Å². The Balaban J connectivity index is 1.12. The number of aromatic nitrogens is 1. The Bertz CT molecular complexity index is 2100. The van der Waals surface area contributed by atoms with Crippen LogP contribution in [0.25, 0.3) is 28.1 Å². The van der Waals surface area contributed by atoms with Crippen LogP contribution in [0, 0.1) is 0 Å². The van der Waals surface area contributed by atoms with Gasteiger partial charge in [0.15, 0.2) is 5.13 Å². The molecule has 0 radical (unpaired) electrons. The summed E-state index contributed by atoms with van der Waals surface area (Å²) in [5.41, 5.74) is 3.65. The number of nitrogens with one attached hydrogen (secondary N) is 3. The standard InChI is InChI=1S/C39H32N4O3S2/c1-2-35(38(46)43-39-42-34(25-47-39)30-21-20-27-14-9-10-17-29(27)23-30)48-32-19-11-18-31(24-32)40-37(45)33(22-26-12-5-3-6-13-26)41-36(44)28-15-7-4-8-16-28/h3-25,35H,2H2,1H3,(H,40,45)(H,41,44)(H,42,43,46)/b33-22-. The molecule has 3 N–H and O–H groups in total. The minimum absolute atomic E-state index is 0.102. The van der Waals surface area contributed by atoms with Crippen molar-refractivity contribution >= 4 is 68.5 Å². The summed E-state index contributed by atoms with van der Waals surface area (Å²) in [4.78, 5) is 45.3. The van der Waals surface area contributed by atoms with Gasteiger partial charge in [0.25, 0.3) is 11.8 Å². The van der Waals surface area contributed by atoms with E-state index in [1.807, 2.05) is 85.1 Å². The number of fused-ring (bicyclic) bond motifs is 1. The number of hydrogen-bond donors (Lipinski definition) is 3. The Morgan fingerprint density at radius 2 is 1.52 bits per heavy atom. The summed E-state index contributed by atoms with van der Waals surface area (Å²) in [6.07, 6.45) is 2.22. The molecule has 0 bridgehead atoms. The average Bonchev–Trinajstić information content (AvgIpc) is 3.59. The van der Waals surface area contributed by atoms with Gasteiger partial charge in [0.05, 0.1) is 10.9 Å². The average molecular weight is 669 g/mol. The highest BCUT2D eigenvalue weighted by molar-refractivity contribution is 8.00. The van der Waals surface area contributed by atoms with Gasteiger partial charge in [0.2, 0.25) is 5.91 Å². The van der Waals surface area contributed by atoms with E-state index in [4.69, 9.17) is 0 Å². The van der Waals surface area contributed by atoms with Gasteiger partial charge in [0, 0.05) is 27.1 Å². The number of benzene rings is 5. The number of hydrogen-bond acceptors (Lipinski definition) is 6. The molecule has 0 aliphatic carbocycles. The van der Waals surface area contributed by atoms with E-state index in [1.54, 1.807) is 36.4 Å². The first-order chi connectivity index (χ1) is 23.4. The van der Waals surface area contributed by atoms with E-state index in [1.165, 1.54) is 23.1 Å². The minimum atomic E-state index is -0.471. The number of amides is 3. The molecular formula is C39H32N4O3S2. The van der Waals surface area contributed by atoms with Gasteiger partial charge in [-0.05, 0) is 65.2 Å². The lowest BCUT2D eigenvalue weighted by atomic mass is 10.1. The second-order valence-electron chi connectivity index (χ2n) is 10.9. The van der Waals surface area contributed by atoms with E-state index in [-0.39, 0.29) is 16.9 Å². The summed E-state index contributed by atoms with van der Waals surface area (Å²) in [5, 5.41) is 13.1. The smallest absolute Gasteiger partial charge is 0.272 e. The highest BCUT2D eigenvalue weighted by Crippen LogP contribution is 2.31. The Morgan fingerprint density at radius 1 is 0.792 bits per heavy atom. The lowest BCUT2D eigenvalue weighted by Gasteiger charge is -2.15. The number of anilines is 2. The normalized spacial score (nSPS) is 11.9. The third kappa shape index (κ3) is 8.25. The molecule has 0 fully saturated rings. The number of thiazole rings is 1. The molecule has 0 saturated heterocycles.